The van der Waals surface area contributed by atoms with Gasteiger partial charge in [0.15, 0.2) is 5.88 Å². The Bertz CT molecular complexity index is 760. The summed E-state index contributed by atoms with van der Waals surface area (Å²) in [6, 6.07) is 1.94. The molecule has 2 rings (SSSR count). The van der Waals surface area contributed by atoms with Crippen molar-refractivity contribution in [3.05, 3.63) is 29.5 Å². The van der Waals surface area contributed by atoms with E-state index in [0.717, 1.165) is 6.07 Å². The molecule has 0 radical (unpaired) electrons. The van der Waals surface area contributed by atoms with Gasteiger partial charge in [0, 0.05) is 16.5 Å². The van der Waals surface area contributed by atoms with Crippen molar-refractivity contribution in [3.63, 3.8) is 0 Å². The van der Waals surface area contributed by atoms with Gasteiger partial charge >= 0.3 is 18.3 Å². The molecule has 4 nitrogen and oxygen atoms in total. The van der Waals surface area contributed by atoms with E-state index in [1.807, 2.05) is 0 Å². The molecule has 10 heteroatoms. The molecule has 0 fully saturated rings. The minimum atomic E-state index is -4.79. The van der Waals surface area contributed by atoms with Gasteiger partial charge in [0.05, 0.1) is 12.0 Å². The van der Waals surface area contributed by atoms with E-state index in [9.17, 15) is 36.2 Å². The first-order chi connectivity index (χ1) is 10.4. The number of nitrogens with zero attached hydrogens (tertiary/aromatic N) is 1. The van der Waals surface area contributed by atoms with Crippen LogP contribution in [0.15, 0.2) is 18.2 Å². The second kappa shape index (κ2) is 5.36. The van der Waals surface area contributed by atoms with Crippen LogP contribution in [0.25, 0.3) is 10.8 Å². The second-order valence-corrected chi connectivity index (χ2v) is 4.80. The largest absolute Gasteiger partial charge is 0.494 e. The lowest BCUT2D eigenvalue weighted by atomic mass is 10.1. The summed E-state index contributed by atoms with van der Waals surface area (Å²) in [5, 5.41) is 18.0. The number of aliphatic carboxylic acids is 1. The average Bonchev–Trinajstić information content (AvgIpc) is 2.61. The number of halogens is 6. The molecular formula is C13H9F6NO3. The van der Waals surface area contributed by atoms with Gasteiger partial charge in [0.2, 0.25) is 0 Å². The molecule has 23 heavy (non-hydrogen) atoms. The van der Waals surface area contributed by atoms with Crippen LogP contribution in [-0.4, -0.2) is 26.9 Å². The van der Waals surface area contributed by atoms with E-state index < -0.39 is 48.4 Å². The van der Waals surface area contributed by atoms with Crippen molar-refractivity contribution in [2.45, 2.75) is 25.3 Å². The second-order valence-electron chi connectivity index (χ2n) is 4.80. The summed E-state index contributed by atoms with van der Waals surface area (Å²) in [7, 11) is 0. The molecule has 1 aromatic carbocycles. The molecule has 1 heterocycles. The third kappa shape index (κ3) is 3.51. The number of carbonyl (C=O) groups is 1. The molecule has 0 aliphatic heterocycles. The van der Waals surface area contributed by atoms with Crippen molar-refractivity contribution in [1.82, 2.24) is 4.57 Å². The molecular weight excluding hydrogens is 332 g/mol. The van der Waals surface area contributed by atoms with E-state index in [0.29, 0.717) is 12.1 Å². The topological polar surface area (TPSA) is 62.5 Å². The van der Waals surface area contributed by atoms with Gasteiger partial charge in [-0.3, -0.25) is 4.79 Å². The van der Waals surface area contributed by atoms with Crippen LogP contribution in [-0.2, 0) is 23.9 Å². The highest BCUT2D eigenvalue weighted by molar-refractivity contribution is 5.93. The van der Waals surface area contributed by atoms with E-state index in [4.69, 9.17) is 5.11 Å². The number of carboxylic acid groups (broad SMARTS) is 1. The van der Waals surface area contributed by atoms with Gasteiger partial charge in [-0.05, 0) is 18.2 Å². The van der Waals surface area contributed by atoms with Crippen LogP contribution in [0.2, 0.25) is 0 Å². The number of aromatic hydroxyl groups is 1. The minimum Gasteiger partial charge on any atom is -0.494 e. The van der Waals surface area contributed by atoms with Gasteiger partial charge in [-0.25, -0.2) is 0 Å². The summed E-state index contributed by atoms with van der Waals surface area (Å²) >= 11 is 0. The Morgan fingerprint density at radius 1 is 1.09 bits per heavy atom. The number of benzene rings is 1. The first-order valence-corrected chi connectivity index (χ1v) is 6.10. The fourth-order valence-corrected chi connectivity index (χ4v) is 2.26. The zero-order chi connectivity index (χ0) is 17.6. The van der Waals surface area contributed by atoms with Crippen molar-refractivity contribution >= 4 is 16.7 Å². The molecule has 0 spiro atoms. The highest BCUT2D eigenvalue weighted by Gasteiger charge is 2.34. The number of hydrogen-bond donors (Lipinski definition) is 2. The molecule has 0 saturated carbocycles. The minimum absolute atomic E-state index is 0.263. The molecule has 2 N–H and O–H groups in total. The summed E-state index contributed by atoms with van der Waals surface area (Å²) in [5.74, 6) is -2.47. The smallest absolute Gasteiger partial charge is 0.416 e. The Labute approximate surface area is 124 Å². The number of rotatable bonds is 3. The predicted molar refractivity (Wildman–Crippen MR) is 66.0 cm³/mol. The molecule has 2 aromatic rings. The summed E-state index contributed by atoms with van der Waals surface area (Å²) in [6.45, 7) is -1.71. The molecule has 0 saturated heterocycles. The number of alkyl halides is 6. The van der Waals surface area contributed by atoms with Crippen molar-refractivity contribution in [2.24, 2.45) is 0 Å². The lowest BCUT2D eigenvalue weighted by Gasteiger charge is -2.12. The molecule has 0 atom stereocenters. The number of aromatic nitrogens is 1. The standard InChI is InChI=1S/C13H9F6NO3/c14-12(15,16)5-20-9(4-10(21)22)8-3-6(13(17,18)19)1-2-7(8)11(20)23/h1-3,23H,4-5H2,(H,21,22). The molecule has 0 unspecified atom stereocenters. The molecule has 0 bridgehead atoms. The third-order valence-corrected chi connectivity index (χ3v) is 3.14. The van der Waals surface area contributed by atoms with Crippen molar-refractivity contribution in [2.75, 3.05) is 0 Å². The van der Waals surface area contributed by atoms with Gasteiger partial charge in [-0.2, -0.15) is 26.3 Å². The van der Waals surface area contributed by atoms with Crippen LogP contribution in [0.1, 0.15) is 11.3 Å². The zero-order valence-corrected chi connectivity index (χ0v) is 11.2. The normalized spacial score (nSPS) is 12.8. The summed E-state index contributed by atoms with van der Waals surface area (Å²) in [4.78, 5) is 10.8. The molecule has 0 aliphatic carbocycles. The number of hydrogen-bond acceptors (Lipinski definition) is 2. The van der Waals surface area contributed by atoms with Gasteiger partial charge in [-0.15, -0.1) is 0 Å². The lowest BCUT2D eigenvalue weighted by Crippen LogP contribution is -2.20. The monoisotopic (exact) mass is 341 g/mol. The van der Waals surface area contributed by atoms with Crippen LogP contribution in [0.5, 0.6) is 5.88 Å². The molecule has 0 aliphatic rings. The Hall–Kier alpha value is -2.39. The van der Waals surface area contributed by atoms with E-state index in [1.165, 1.54) is 0 Å². The first kappa shape index (κ1) is 17.0. The maximum atomic E-state index is 12.7. The predicted octanol–water partition coefficient (Wildman–Crippen LogP) is 3.56. The SMILES string of the molecule is O=C(O)Cc1c2cc(C(F)(F)F)ccc2c(O)n1CC(F)(F)F. The van der Waals surface area contributed by atoms with E-state index >= 15 is 0 Å². The average molecular weight is 341 g/mol. The van der Waals surface area contributed by atoms with Crippen LogP contribution in [0, 0.1) is 0 Å². The Kier molecular flexibility index (Phi) is 3.95. The Balaban J connectivity index is 2.74. The van der Waals surface area contributed by atoms with Gasteiger partial charge in [0.1, 0.15) is 6.54 Å². The summed E-state index contributed by atoms with van der Waals surface area (Å²) in [5.41, 5.74) is -1.70. The van der Waals surface area contributed by atoms with Crippen molar-refractivity contribution < 1.29 is 41.4 Å². The highest BCUT2D eigenvalue weighted by Crippen LogP contribution is 2.38. The number of carboxylic acids is 1. The Morgan fingerprint density at radius 3 is 2.17 bits per heavy atom. The van der Waals surface area contributed by atoms with Crippen LogP contribution >= 0.6 is 0 Å². The van der Waals surface area contributed by atoms with Crippen LogP contribution in [0.4, 0.5) is 26.3 Å². The van der Waals surface area contributed by atoms with Gasteiger partial charge in [-0.1, -0.05) is 0 Å². The van der Waals surface area contributed by atoms with Crippen LogP contribution in [0.3, 0.4) is 0 Å². The highest BCUT2D eigenvalue weighted by atomic mass is 19.4. The third-order valence-electron chi connectivity index (χ3n) is 3.14. The van der Waals surface area contributed by atoms with E-state index in [2.05, 4.69) is 0 Å². The summed E-state index contributed by atoms with van der Waals surface area (Å²) in [6.07, 6.45) is -10.5. The maximum Gasteiger partial charge on any atom is 0.416 e. The molecule has 0 amide bonds. The lowest BCUT2D eigenvalue weighted by molar-refractivity contribution is -0.143. The van der Waals surface area contributed by atoms with Crippen molar-refractivity contribution in [1.29, 1.82) is 0 Å². The Morgan fingerprint density at radius 2 is 1.70 bits per heavy atom. The molecule has 1 aromatic heterocycles. The van der Waals surface area contributed by atoms with Gasteiger partial charge < -0.3 is 14.8 Å². The zero-order valence-electron chi connectivity index (χ0n) is 11.2. The van der Waals surface area contributed by atoms with Crippen LogP contribution < -0.4 is 0 Å². The summed E-state index contributed by atoms with van der Waals surface area (Å²) < 4.78 is 76.2. The fraction of sp³-hybridized carbons (Fsp3) is 0.308. The first-order valence-electron chi connectivity index (χ1n) is 6.10. The van der Waals surface area contributed by atoms with E-state index in [-0.39, 0.29) is 15.3 Å². The molecule has 126 valence electrons. The van der Waals surface area contributed by atoms with Gasteiger partial charge in [0.25, 0.3) is 0 Å². The maximum absolute atomic E-state index is 12.7. The van der Waals surface area contributed by atoms with Crippen molar-refractivity contribution in [3.8, 4) is 5.88 Å². The number of fused-ring (bicyclic) bond motifs is 1. The fourth-order valence-electron chi connectivity index (χ4n) is 2.26. The quantitative estimate of drug-likeness (QED) is 0.839. The van der Waals surface area contributed by atoms with E-state index in [1.54, 1.807) is 0 Å².